The molecule has 0 saturated heterocycles. The molecular weight excluding hydrogens is 398 g/mol. The SMILES string of the molecule is Cc1noc(C)c1S(=O)(=O)N[C@@H](C)C(=O)OCC(=O)N(c1ccccc1)C(C)C. The van der Waals surface area contributed by atoms with E-state index in [-0.39, 0.29) is 22.4 Å². The van der Waals surface area contributed by atoms with E-state index in [2.05, 4.69) is 9.88 Å². The summed E-state index contributed by atoms with van der Waals surface area (Å²) >= 11 is 0. The zero-order chi connectivity index (χ0) is 21.8. The maximum atomic E-state index is 12.6. The Bertz CT molecular complexity index is 950. The van der Waals surface area contributed by atoms with Crippen LogP contribution >= 0.6 is 0 Å². The third-order valence-electron chi connectivity index (χ3n) is 4.08. The highest BCUT2D eigenvalue weighted by atomic mass is 32.2. The molecule has 0 aliphatic heterocycles. The van der Waals surface area contributed by atoms with Crippen LogP contribution in [0.2, 0.25) is 0 Å². The van der Waals surface area contributed by atoms with Crippen molar-refractivity contribution >= 4 is 27.6 Å². The van der Waals surface area contributed by atoms with E-state index < -0.39 is 34.5 Å². The molecule has 0 saturated carbocycles. The molecule has 1 atom stereocenters. The van der Waals surface area contributed by atoms with Gasteiger partial charge in [0.25, 0.3) is 5.91 Å². The fraction of sp³-hybridized carbons (Fsp3) is 0.421. The molecule has 0 unspecified atom stereocenters. The van der Waals surface area contributed by atoms with Crippen LogP contribution in [0.4, 0.5) is 5.69 Å². The van der Waals surface area contributed by atoms with Crippen molar-refractivity contribution in [3.05, 3.63) is 41.8 Å². The molecule has 0 radical (unpaired) electrons. The van der Waals surface area contributed by atoms with Crippen LogP contribution in [0.3, 0.4) is 0 Å². The highest BCUT2D eigenvalue weighted by molar-refractivity contribution is 7.89. The number of ether oxygens (including phenoxy) is 1. The van der Waals surface area contributed by atoms with Gasteiger partial charge in [0.1, 0.15) is 16.6 Å². The van der Waals surface area contributed by atoms with Crippen molar-refractivity contribution in [2.24, 2.45) is 0 Å². The molecule has 29 heavy (non-hydrogen) atoms. The monoisotopic (exact) mass is 423 g/mol. The molecular formula is C19H25N3O6S. The van der Waals surface area contributed by atoms with Gasteiger partial charge in [-0.1, -0.05) is 23.4 Å². The highest BCUT2D eigenvalue weighted by Gasteiger charge is 2.29. The third kappa shape index (κ3) is 5.42. The molecule has 9 nitrogen and oxygen atoms in total. The van der Waals surface area contributed by atoms with Crippen molar-refractivity contribution in [1.29, 1.82) is 0 Å². The number of hydrogen-bond acceptors (Lipinski definition) is 7. The van der Waals surface area contributed by atoms with Crippen LogP contribution in [0, 0.1) is 13.8 Å². The van der Waals surface area contributed by atoms with Crippen LogP contribution in [-0.4, -0.2) is 44.1 Å². The summed E-state index contributed by atoms with van der Waals surface area (Å²) in [6.07, 6.45) is 0. The van der Waals surface area contributed by atoms with Gasteiger partial charge in [-0.15, -0.1) is 0 Å². The first-order chi connectivity index (χ1) is 13.5. The average Bonchev–Trinajstić information content (AvgIpc) is 2.99. The molecule has 0 bridgehead atoms. The minimum Gasteiger partial charge on any atom is -0.454 e. The molecule has 0 spiro atoms. The normalized spacial score (nSPS) is 12.6. The van der Waals surface area contributed by atoms with E-state index in [0.29, 0.717) is 5.69 Å². The molecule has 158 valence electrons. The van der Waals surface area contributed by atoms with Crippen molar-refractivity contribution in [2.45, 2.75) is 51.6 Å². The van der Waals surface area contributed by atoms with Crippen LogP contribution in [0.25, 0.3) is 0 Å². The summed E-state index contributed by atoms with van der Waals surface area (Å²) in [6.45, 7) is 7.44. The number of hydrogen-bond donors (Lipinski definition) is 1. The average molecular weight is 423 g/mol. The van der Waals surface area contributed by atoms with Gasteiger partial charge in [0.15, 0.2) is 12.4 Å². The lowest BCUT2D eigenvalue weighted by Gasteiger charge is -2.27. The lowest BCUT2D eigenvalue weighted by atomic mass is 10.2. The smallest absolute Gasteiger partial charge is 0.324 e. The maximum absolute atomic E-state index is 12.6. The van der Waals surface area contributed by atoms with E-state index in [4.69, 9.17) is 9.26 Å². The summed E-state index contributed by atoms with van der Waals surface area (Å²) in [5.74, 6) is -1.17. The van der Waals surface area contributed by atoms with Crippen molar-refractivity contribution in [2.75, 3.05) is 11.5 Å². The minimum atomic E-state index is -4.04. The minimum absolute atomic E-state index is 0.112. The molecule has 10 heteroatoms. The van der Waals surface area contributed by atoms with E-state index in [0.717, 1.165) is 0 Å². The molecule has 1 N–H and O–H groups in total. The van der Waals surface area contributed by atoms with Crippen LogP contribution in [0.1, 0.15) is 32.2 Å². The van der Waals surface area contributed by atoms with Crippen molar-refractivity contribution in [3.63, 3.8) is 0 Å². The predicted molar refractivity (Wildman–Crippen MR) is 106 cm³/mol. The first kappa shape index (κ1) is 22.6. The number of benzene rings is 1. The Balaban J connectivity index is 2.01. The standard InChI is InChI=1S/C19H25N3O6S/c1-12(2)22(16-9-7-6-8-10-16)17(23)11-27-19(24)14(4)21-29(25,26)18-13(3)20-28-15(18)5/h6-10,12,14,21H,11H2,1-5H3/t14-/m0/s1. The van der Waals surface area contributed by atoms with Crippen LogP contribution < -0.4 is 9.62 Å². The number of aromatic nitrogens is 1. The Morgan fingerprint density at radius 3 is 2.31 bits per heavy atom. The fourth-order valence-corrected chi connectivity index (χ4v) is 4.37. The molecule has 0 aliphatic rings. The highest BCUT2D eigenvalue weighted by Crippen LogP contribution is 2.19. The quantitative estimate of drug-likeness (QED) is 0.645. The van der Waals surface area contributed by atoms with Gasteiger partial charge in [0.2, 0.25) is 10.0 Å². The molecule has 1 amide bonds. The van der Waals surface area contributed by atoms with Crippen LogP contribution in [-0.2, 0) is 24.3 Å². The molecule has 1 aromatic heterocycles. The lowest BCUT2D eigenvalue weighted by Crippen LogP contribution is -2.43. The second-order valence-electron chi connectivity index (χ2n) is 6.80. The van der Waals surface area contributed by atoms with E-state index >= 15 is 0 Å². The van der Waals surface area contributed by atoms with Crippen molar-refractivity contribution in [3.8, 4) is 0 Å². The maximum Gasteiger partial charge on any atom is 0.324 e. The second-order valence-corrected chi connectivity index (χ2v) is 8.45. The number of anilines is 1. The van der Waals surface area contributed by atoms with Crippen LogP contribution in [0.15, 0.2) is 39.8 Å². The van der Waals surface area contributed by atoms with Crippen molar-refractivity contribution in [1.82, 2.24) is 9.88 Å². The summed E-state index contributed by atoms with van der Waals surface area (Å²) < 4.78 is 37.1. The largest absolute Gasteiger partial charge is 0.454 e. The topological polar surface area (TPSA) is 119 Å². The zero-order valence-corrected chi connectivity index (χ0v) is 17.8. The number of amides is 1. The number of esters is 1. The van der Waals surface area contributed by atoms with E-state index in [9.17, 15) is 18.0 Å². The number of rotatable bonds is 8. The summed E-state index contributed by atoms with van der Waals surface area (Å²) in [5.41, 5.74) is 0.858. The number of aryl methyl sites for hydroxylation is 2. The van der Waals surface area contributed by atoms with Gasteiger partial charge in [0.05, 0.1) is 0 Å². The van der Waals surface area contributed by atoms with Gasteiger partial charge >= 0.3 is 5.97 Å². The van der Waals surface area contributed by atoms with Gasteiger partial charge in [-0.2, -0.15) is 4.72 Å². The van der Waals surface area contributed by atoms with Gasteiger partial charge in [-0.25, -0.2) is 8.42 Å². The molecule has 2 aromatic rings. The predicted octanol–water partition coefficient (Wildman–Crippen LogP) is 1.94. The molecule has 1 aromatic carbocycles. The Morgan fingerprint density at radius 1 is 1.17 bits per heavy atom. The zero-order valence-electron chi connectivity index (χ0n) is 17.0. The summed E-state index contributed by atoms with van der Waals surface area (Å²) in [7, 11) is -4.04. The summed E-state index contributed by atoms with van der Waals surface area (Å²) in [6, 6.07) is 7.63. The van der Waals surface area contributed by atoms with E-state index in [1.165, 1.54) is 25.7 Å². The number of nitrogens with zero attached hydrogens (tertiary/aromatic N) is 2. The number of para-hydroxylation sites is 1. The first-order valence-electron chi connectivity index (χ1n) is 9.03. The number of carbonyl (C=O) groups is 2. The van der Waals surface area contributed by atoms with Crippen LogP contribution in [0.5, 0.6) is 0 Å². The molecule has 1 heterocycles. The number of carbonyl (C=O) groups excluding carboxylic acids is 2. The Hall–Kier alpha value is -2.72. The van der Waals surface area contributed by atoms with Gasteiger partial charge in [-0.05, 0) is 46.8 Å². The molecule has 0 fully saturated rings. The van der Waals surface area contributed by atoms with Gasteiger partial charge < -0.3 is 14.2 Å². The summed E-state index contributed by atoms with van der Waals surface area (Å²) in [4.78, 5) is 26.2. The van der Waals surface area contributed by atoms with E-state index in [1.807, 2.05) is 19.9 Å². The fourth-order valence-electron chi connectivity index (χ4n) is 2.84. The lowest BCUT2D eigenvalue weighted by molar-refractivity contribution is -0.149. The Labute approximate surface area is 170 Å². The summed E-state index contributed by atoms with van der Waals surface area (Å²) in [5, 5.41) is 3.60. The Kier molecular flexibility index (Phi) is 7.15. The van der Waals surface area contributed by atoms with Crippen molar-refractivity contribution < 1.29 is 27.3 Å². The molecule has 2 rings (SSSR count). The number of nitrogens with one attached hydrogen (secondary N) is 1. The van der Waals surface area contributed by atoms with Gasteiger partial charge in [-0.3, -0.25) is 9.59 Å². The second kappa shape index (κ2) is 9.19. The van der Waals surface area contributed by atoms with Gasteiger partial charge in [0, 0.05) is 11.7 Å². The molecule has 0 aliphatic carbocycles. The first-order valence-corrected chi connectivity index (χ1v) is 10.5. The Morgan fingerprint density at radius 2 is 1.79 bits per heavy atom. The number of sulfonamides is 1. The van der Waals surface area contributed by atoms with E-state index in [1.54, 1.807) is 24.3 Å². The third-order valence-corrected chi connectivity index (χ3v) is 5.86.